The van der Waals surface area contributed by atoms with Gasteiger partial charge in [-0.15, -0.1) is 0 Å². The third kappa shape index (κ3) is 4.22. The van der Waals surface area contributed by atoms with E-state index in [1.807, 2.05) is 6.07 Å². The number of ether oxygens (including phenoxy) is 1. The van der Waals surface area contributed by atoms with Crippen molar-refractivity contribution < 1.29 is 14.6 Å². The summed E-state index contributed by atoms with van der Waals surface area (Å²) in [6, 6.07) is 5.37. The van der Waals surface area contributed by atoms with Crippen molar-refractivity contribution in [3.05, 3.63) is 28.8 Å². The standard InChI is InChI=1S/C19H26ClNO3/c1-12(22)21-15-10-18(13-5-3-2-4-6-13)24-19(11-15)14-7-8-17(23)16(20)9-14/h7-9,13,15,18-19,23H,2-6,10-11H2,1H3,(H,21,22)/t15-,18-,19+/m1/s1. The minimum Gasteiger partial charge on any atom is -0.506 e. The van der Waals surface area contributed by atoms with Crippen molar-refractivity contribution in [1.29, 1.82) is 0 Å². The van der Waals surface area contributed by atoms with E-state index in [1.165, 1.54) is 32.1 Å². The number of carbonyl (C=O) groups excluding carboxylic acids is 1. The fourth-order valence-corrected chi connectivity index (χ4v) is 4.30. The molecule has 1 aromatic rings. The number of phenols is 1. The smallest absolute Gasteiger partial charge is 0.217 e. The highest BCUT2D eigenvalue weighted by Crippen LogP contribution is 2.40. The highest BCUT2D eigenvalue weighted by atomic mass is 35.5. The van der Waals surface area contributed by atoms with Gasteiger partial charge in [0.15, 0.2) is 0 Å². The van der Waals surface area contributed by atoms with E-state index >= 15 is 0 Å². The Kier molecular flexibility index (Phi) is 5.67. The van der Waals surface area contributed by atoms with Crippen molar-refractivity contribution in [2.75, 3.05) is 0 Å². The normalized spacial score (nSPS) is 28.5. The number of halogens is 1. The lowest BCUT2D eigenvalue weighted by atomic mass is 9.80. The van der Waals surface area contributed by atoms with Gasteiger partial charge in [-0.1, -0.05) is 36.9 Å². The Morgan fingerprint density at radius 1 is 1.25 bits per heavy atom. The fraction of sp³-hybridized carbons (Fsp3) is 0.632. The largest absolute Gasteiger partial charge is 0.506 e. The molecule has 24 heavy (non-hydrogen) atoms. The minimum atomic E-state index is -0.0966. The van der Waals surface area contributed by atoms with E-state index in [9.17, 15) is 9.90 Å². The molecule has 0 bridgehead atoms. The molecule has 0 spiro atoms. The van der Waals surface area contributed by atoms with E-state index in [4.69, 9.17) is 16.3 Å². The monoisotopic (exact) mass is 351 g/mol. The van der Waals surface area contributed by atoms with Crippen LogP contribution in [0.1, 0.15) is 63.5 Å². The zero-order valence-corrected chi connectivity index (χ0v) is 14.9. The van der Waals surface area contributed by atoms with Crippen molar-refractivity contribution in [1.82, 2.24) is 5.32 Å². The summed E-state index contributed by atoms with van der Waals surface area (Å²) in [5.41, 5.74) is 0.966. The first-order chi connectivity index (χ1) is 11.5. The Hall–Kier alpha value is -1.26. The molecule has 5 heteroatoms. The van der Waals surface area contributed by atoms with Crippen LogP contribution in [0.3, 0.4) is 0 Å². The molecule has 0 radical (unpaired) electrons. The van der Waals surface area contributed by atoms with E-state index in [-0.39, 0.29) is 29.9 Å². The molecule has 1 amide bonds. The van der Waals surface area contributed by atoms with Crippen LogP contribution in [0.15, 0.2) is 18.2 Å². The number of carbonyl (C=O) groups is 1. The van der Waals surface area contributed by atoms with Gasteiger partial charge in [-0.3, -0.25) is 4.79 Å². The lowest BCUT2D eigenvalue weighted by Gasteiger charge is -2.40. The van der Waals surface area contributed by atoms with Crippen LogP contribution in [-0.2, 0) is 9.53 Å². The second kappa shape index (κ2) is 7.75. The number of hydrogen-bond donors (Lipinski definition) is 2. The SMILES string of the molecule is CC(=O)N[C@H]1C[C@@H](c2ccc(O)c(Cl)c2)O[C@@H](C2CCCCC2)C1. The summed E-state index contributed by atoms with van der Waals surface area (Å²) in [7, 11) is 0. The minimum absolute atomic E-state index is 0.00628. The van der Waals surface area contributed by atoms with E-state index < -0.39 is 0 Å². The van der Waals surface area contributed by atoms with E-state index in [0.717, 1.165) is 18.4 Å². The van der Waals surface area contributed by atoms with Gasteiger partial charge in [0.05, 0.1) is 17.2 Å². The third-order valence-corrected chi connectivity index (χ3v) is 5.58. The molecule has 4 nitrogen and oxygen atoms in total. The molecule has 132 valence electrons. The van der Waals surface area contributed by atoms with Crippen molar-refractivity contribution in [2.45, 2.75) is 70.1 Å². The molecular formula is C19H26ClNO3. The molecule has 1 aliphatic carbocycles. The van der Waals surface area contributed by atoms with Crippen LogP contribution in [0, 0.1) is 5.92 Å². The molecule has 2 N–H and O–H groups in total. The summed E-state index contributed by atoms with van der Waals surface area (Å²) in [6.45, 7) is 1.57. The maximum atomic E-state index is 11.5. The van der Waals surface area contributed by atoms with E-state index in [2.05, 4.69) is 5.32 Å². The molecule has 3 atom stereocenters. The summed E-state index contributed by atoms with van der Waals surface area (Å²) in [6.07, 6.45) is 7.97. The van der Waals surface area contributed by atoms with Gasteiger partial charge in [-0.05, 0) is 49.3 Å². The number of benzene rings is 1. The molecule has 2 aliphatic rings. The predicted octanol–water partition coefficient (Wildman–Crippen LogP) is 4.35. The molecule has 2 fully saturated rings. The zero-order valence-electron chi connectivity index (χ0n) is 14.1. The average Bonchev–Trinajstić information content (AvgIpc) is 2.57. The molecule has 3 rings (SSSR count). The molecule has 0 unspecified atom stereocenters. The number of phenolic OH excluding ortho intramolecular Hbond substituents is 1. The van der Waals surface area contributed by atoms with Crippen LogP contribution in [0.2, 0.25) is 5.02 Å². The van der Waals surface area contributed by atoms with Crippen LogP contribution in [0.5, 0.6) is 5.75 Å². The van der Waals surface area contributed by atoms with Crippen LogP contribution >= 0.6 is 11.6 Å². The summed E-state index contributed by atoms with van der Waals surface area (Å²) in [4.78, 5) is 11.5. The van der Waals surface area contributed by atoms with Crippen LogP contribution in [0.25, 0.3) is 0 Å². The van der Waals surface area contributed by atoms with Gasteiger partial charge >= 0.3 is 0 Å². The number of rotatable bonds is 3. The molecular weight excluding hydrogens is 326 g/mol. The van der Waals surface area contributed by atoms with Crippen molar-refractivity contribution in [3.63, 3.8) is 0 Å². The van der Waals surface area contributed by atoms with Crippen molar-refractivity contribution in [2.24, 2.45) is 5.92 Å². The Balaban J connectivity index is 1.78. The first kappa shape index (κ1) is 17.6. The Labute approximate surface area is 148 Å². The van der Waals surface area contributed by atoms with E-state index in [0.29, 0.717) is 10.9 Å². The van der Waals surface area contributed by atoms with Crippen LogP contribution < -0.4 is 5.32 Å². The average molecular weight is 352 g/mol. The molecule has 1 heterocycles. The maximum Gasteiger partial charge on any atom is 0.217 e. The molecule has 0 aromatic heterocycles. The Morgan fingerprint density at radius 2 is 2.00 bits per heavy atom. The molecule has 1 aliphatic heterocycles. The fourth-order valence-electron chi connectivity index (χ4n) is 4.11. The maximum absolute atomic E-state index is 11.5. The second-order valence-electron chi connectivity index (χ2n) is 7.14. The van der Waals surface area contributed by atoms with Gasteiger partial charge in [0.2, 0.25) is 5.91 Å². The molecule has 1 saturated carbocycles. The van der Waals surface area contributed by atoms with Crippen LogP contribution in [0.4, 0.5) is 0 Å². The van der Waals surface area contributed by atoms with Gasteiger partial charge in [-0.25, -0.2) is 0 Å². The lowest BCUT2D eigenvalue weighted by molar-refractivity contribution is -0.124. The molecule has 1 aromatic carbocycles. The van der Waals surface area contributed by atoms with Gasteiger partial charge in [-0.2, -0.15) is 0 Å². The van der Waals surface area contributed by atoms with Gasteiger partial charge in [0, 0.05) is 13.0 Å². The number of amides is 1. The predicted molar refractivity (Wildman–Crippen MR) is 94.1 cm³/mol. The molecule has 1 saturated heterocycles. The van der Waals surface area contributed by atoms with Gasteiger partial charge < -0.3 is 15.2 Å². The first-order valence-corrected chi connectivity index (χ1v) is 9.31. The lowest BCUT2D eigenvalue weighted by Crippen LogP contribution is -2.44. The number of aromatic hydroxyl groups is 1. The summed E-state index contributed by atoms with van der Waals surface area (Å²) in [5, 5.41) is 13.1. The summed E-state index contributed by atoms with van der Waals surface area (Å²) < 4.78 is 6.43. The quantitative estimate of drug-likeness (QED) is 0.851. The number of nitrogens with one attached hydrogen (secondary N) is 1. The van der Waals surface area contributed by atoms with Crippen LogP contribution in [-0.4, -0.2) is 23.2 Å². The summed E-state index contributed by atoms with van der Waals surface area (Å²) >= 11 is 6.06. The third-order valence-electron chi connectivity index (χ3n) is 5.28. The van der Waals surface area contributed by atoms with Gasteiger partial charge in [0.1, 0.15) is 5.75 Å². The first-order valence-electron chi connectivity index (χ1n) is 8.94. The summed E-state index contributed by atoms with van der Waals surface area (Å²) in [5.74, 6) is 0.663. The number of hydrogen-bond acceptors (Lipinski definition) is 3. The highest BCUT2D eigenvalue weighted by Gasteiger charge is 2.35. The van der Waals surface area contributed by atoms with Crippen molar-refractivity contribution in [3.8, 4) is 5.75 Å². The van der Waals surface area contributed by atoms with E-state index in [1.54, 1.807) is 19.1 Å². The highest BCUT2D eigenvalue weighted by molar-refractivity contribution is 6.32. The van der Waals surface area contributed by atoms with Gasteiger partial charge in [0.25, 0.3) is 0 Å². The zero-order chi connectivity index (χ0) is 17.1. The Morgan fingerprint density at radius 3 is 2.67 bits per heavy atom. The van der Waals surface area contributed by atoms with Crippen molar-refractivity contribution >= 4 is 17.5 Å². The Bertz CT molecular complexity index is 586. The second-order valence-corrected chi connectivity index (χ2v) is 7.55. The topological polar surface area (TPSA) is 58.6 Å².